The van der Waals surface area contributed by atoms with E-state index in [0.717, 1.165) is 23.9 Å². The molecular formula is C20H14N6O5S3. The van der Waals surface area contributed by atoms with Gasteiger partial charge in [0.05, 0.1) is 28.6 Å². The number of aromatic carboxylic acids is 1. The Morgan fingerprint density at radius 2 is 2.03 bits per heavy atom. The maximum absolute atomic E-state index is 11.9. The lowest BCUT2D eigenvalue weighted by molar-refractivity contribution is 0.0694. The van der Waals surface area contributed by atoms with Crippen molar-refractivity contribution in [3.63, 3.8) is 0 Å². The summed E-state index contributed by atoms with van der Waals surface area (Å²) in [5, 5.41) is 39.3. The Balaban J connectivity index is 1.94. The van der Waals surface area contributed by atoms with Gasteiger partial charge in [-0.1, -0.05) is 12.1 Å². The third-order valence-corrected chi connectivity index (χ3v) is 6.64. The lowest BCUT2D eigenvalue weighted by Gasteiger charge is -2.12. The average molecular weight is 515 g/mol. The number of carbonyl (C=O) groups is 1. The molecule has 0 unspecified atom stereocenters. The number of nitrogens with one attached hydrogen (secondary N) is 1. The number of anilines is 1. The molecule has 34 heavy (non-hydrogen) atoms. The summed E-state index contributed by atoms with van der Waals surface area (Å²) in [6.07, 6.45) is 2.75. The first-order valence-corrected chi connectivity index (χ1v) is 13.2. The number of aromatic nitrogens is 2. The molecule has 0 bridgehead atoms. The Hall–Kier alpha value is -3.80. The first-order valence-electron chi connectivity index (χ1n) is 9.29. The number of hydrogen-bond acceptors (Lipinski definition) is 11. The van der Waals surface area contributed by atoms with Crippen LogP contribution in [0.5, 0.6) is 5.75 Å². The molecule has 0 amide bonds. The largest absolute Gasteiger partial charge is 0.506 e. The molecule has 0 aliphatic carbocycles. The summed E-state index contributed by atoms with van der Waals surface area (Å²) in [4.78, 5) is 16.0. The van der Waals surface area contributed by atoms with Gasteiger partial charge in [-0.3, -0.25) is 4.72 Å². The number of carboxylic acid groups (broad SMARTS) is 1. The number of rotatable bonds is 6. The van der Waals surface area contributed by atoms with Crippen molar-refractivity contribution < 1.29 is 23.4 Å². The SMILES string of the molecule is CSc1nc2nsc(N=Nc3cc(C(=O)O)c(O)c4cccc(NS(C)(=O)=O)c34)c2cc1C#N. The van der Waals surface area contributed by atoms with Crippen LogP contribution in [0, 0.1) is 11.3 Å². The fraction of sp³-hybridized carbons (Fsp3) is 0.100. The molecule has 2 aromatic carbocycles. The Labute approximate surface area is 201 Å². The number of nitriles is 1. The number of sulfonamides is 1. The molecular weight excluding hydrogens is 500 g/mol. The number of pyridine rings is 1. The van der Waals surface area contributed by atoms with Gasteiger partial charge in [-0.15, -0.1) is 22.0 Å². The summed E-state index contributed by atoms with van der Waals surface area (Å²) in [6, 6.07) is 9.14. The number of carboxylic acids is 1. The Bertz CT molecular complexity index is 1660. The number of aromatic hydroxyl groups is 1. The second kappa shape index (κ2) is 8.86. The van der Waals surface area contributed by atoms with E-state index in [0.29, 0.717) is 26.6 Å². The first kappa shape index (κ1) is 23.4. The van der Waals surface area contributed by atoms with Gasteiger partial charge in [0, 0.05) is 10.8 Å². The standard InChI is InChI=1S/C20H14N6O5S3/c1-32-18-9(8-21)6-12-17(22-18)25-33-19(12)24-23-14-7-11(20(28)29)16(27)10-4-3-5-13(15(10)14)26-34(2,30)31/h3-7,26-27H,1-2H3,(H,28,29). The summed E-state index contributed by atoms with van der Waals surface area (Å²) in [5.41, 5.74) is 0.398. The van der Waals surface area contributed by atoms with E-state index in [1.165, 1.54) is 30.0 Å². The van der Waals surface area contributed by atoms with Crippen LogP contribution in [0.2, 0.25) is 0 Å². The molecule has 2 aromatic heterocycles. The molecule has 0 aliphatic heterocycles. The maximum Gasteiger partial charge on any atom is 0.339 e. The van der Waals surface area contributed by atoms with Crippen LogP contribution < -0.4 is 4.72 Å². The molecule has 11 nitrogen and oxygen atoms in total. The molecule has 0 fully saturated rings. The zero-order chi connectivity index (χ0) is 24.6. The van der Waals surface area contributed by atoms with Gasteiger partial charge in [0.25, 0.3) is 0 Å². The maximum atomic E-state index is 11.9. The summed E-state index contributed by atoms with van der Waals surface area (Å²) < 4.78 is 30.3. The molecule has 4 aromatic rings. The third-order valence-electron chi connectivity index (χ3n) is 4.62. The minimum absolute atomic E-state index is 0.00713. The molecule has 0 saturated heterocycles. The molecule has 4 rings (SSSR count). The van der Waals surface area contributed by atoms with E-state index in [1.54, 1.807) is 12.3 Å². The number of fused-ring (bicyclic) bond motifs is 2. The van der Waals surface area contributed by atoms with Crippen molar-refractivity contribution in [3.8, 4) is 11.8 Å². The van der Waals surface area contributed by atoms with Gasteiger partial charge in [0.2, 0.25) is 10.0 Å². The molecule has 172 valence electrons. The molecule has 3 N–H and O–H groups in total. The van der Waals surface area contributed by atoms with Gasteiger partial charge in [0.1, 0.15) is 22.4 Å². The van der Waals surface area contributed by atoms with Crippen molar-refractivity contribution >= 4 is 77.5 Å². The summed E-state index contributed by atoms with van der Waals surface area (Å²) in [7, 11) is -3.70. The van der Waals surface area contributed by atoms with E-state index in [-0.39, 0.29) is 22.1 Å². The Kier molecular flexibility index (Phi) is 6.09. The van der Waals surface area contributed by atoms with Crippen LogP contribution in [0.25, 0.3) is 21.8 Å². The van der Waals surface area contributed by atoms with Gasteiger partial charge in [-0.05, 0) is 36.0 Å². The lowest BCUT2D eigenvalue weighted by Crippen LogP contribution is -2.10. The van der Waals surface area contributed by atoms with E-state index >= 15 is 0 Å². The van der Waals surface area contributed by atoms with Gasteiger partial charge >= 0.3 is 5.97 Å². The fourth-order valence-electron chi connectivity index (χ4n) is 3.23. The minimum atomic E-state index is -3.70. The van der Waals surface area contributed by atoms with Crippen LogP contribution in [-0.4, -0.2) is 46.5 Å². The number of azo groups is 1. The minimum Gasteiger partial charge on any atom is -0.506 e. The second-order valence-electron chi connectivity index (χ2n) is 6.92. The molecule has 0 radical (unpaired) electrons. The van der Waals surface area contributed by atoms with Crippen LogP contribution in [-0.2, 0) is 10.0 Å². The van der Waals surface area contributed by atoms with Crippen LogP contribution >= 0.6 is 23.3 Å². The van der Waals surface area contributed by atoms with Crippen molar-refractivity contribution in [2.75, 3.05) is 17.2 Å². The summed E-state index contributed by atoms with van der Waals surface area (Å²) in [5.74, 6) is -1.93. The topological polar surface area (TPSA) is 178 Å². The third kappa shape index (κ3) is 4.36. The van der Waals surface area contributed by atoms with E-state index in [1.807, 2.05) is 0 Å². The summed E-state index contributed by atoms with van der Waals surface area (Å²) in [6.45, 7) is 0. The van der Waals surface area contributed by atoms with Crippen molar-refractivity contribution in [1.82, 2.24) is 9.36 Å². The van der Waals surface area contributed by atoms with E-state index in [2.05, 4.69) is 30.4 Å². The van der Waals surface area contributed by atoms with Gasteiger partial charge in [-0.2, -0.15) is 9.64 Å². The highest BCUT2D eigenvalue weighted by atomic mass is 32.2. The molecule has 0 aliphatic rings. The van der Waals surface area contributed by atoms with E-state index < -0.39 is 27.3 Å². The van der Waals surface area contributed by atoms with Crippen LogP contribution in [0.3, 0.4) is 0 Å². The molecule has 0 saturated carbocycles. The zero-order valence-corrected chi connectivity index (χ0v) is 19.9. The zero-order valence-electron chi connectivity index (χ0n) is 17.5. The molecule has 2 heterocycles. The van der Waals surface area contributed by atoms with Crippen LogP contribution in [0.1, 0.15) is 15.9 Å². The highest BCUT2D eigenvalue weighted by Gasteiger charge is 2.20. The highest BCUT2D eigenvalue weighted by molar-refractivity contribution is 7.98. The number of phenols is 1. The van der Waals surface area contributed by atoms with E-state index in [4.69, 9.17) is 0 Å². The predicted molar refractivity (Wildman–Crippen MR) is 129 cm³/mol. The van der Waals surface area contributed by atoms with Crippen molar-refractivity contribution in [3.05, 3.63) is 41.5 Å². The smallest absolute Gasteiger partial charge is 0.339 e. The predicted octanol–water partition coefficient (Wildman–Crippen LogP) is 4.63. The fourth-order valence-corrected chi connectivity index (χ4v) is 4.94. The van der Waals surface area contributed by atoms with Gasteiger partial charge in [-0.25, -0.2) is 18.2 Å². The Morgan fingerprint density at radius 1 is 1.26 bits per heavy atom. The molecule has 0 atom stereocenters. The first-order chi connectivity index (χ1) is 16.1. The van der Waals surface area contributed by atoms with Crippen molar-refractivity contribution in [2.24, 2.45) is 10.2 Å². The normalized spacial score (nSPS) is 11.8. The molecule has 0 spiro atoms. The lowest BCUT2D eigenvalue weighted by atomic mass is 10.0. The average Bonchev–Trinajstić information content (AvgIpc) is 3.18. The monoisotopic (exact) mass is 514 g/mol. The van der Waals surface area contributed by atoms with Gasteiger partial charge in [0.15, 0.2) is 10.6 Å². The Morgan fingerprint density at radius 3 is 2.68 bits per heavy atom. The van der Waals surface area contributed by atoms with E-state index in [9.17, 15) is 28.7 Å². The second-order valence-corrected chi connectivity index (χ2v) is 10.2. The van der Waals surface area contributed by atoms with Crippen molar-refractivity contribution in [1.29, 1.82) is 5.26 Å². The number of nitrogens with zero attached hydrogens (tertiary/aromatic N) is 5. The van der Waals surface area contributed by atoms with Gasteiger partial charge < -0.3 is 10.2 Å². The number of thioether (sulfide) groups is 1. The molecule has 14 heteroatoms. The van der Waals surface area contributed by atoms with Crippen molar-refractivity contribution in [2.45, 2.75) is 5.03 Å². The van der Waals surface area contributed by atoms with Crippen LogP contribution in [0.4, 0.5) is 16.4 Å². The quantitative estimate of drug-likeness (QED) is 0.244. The van der Waals surface area contributed by atoms with Crippen LogP contribution in [0.15, 0.2) is 45.6 Å². The summed E-state index contributed by atoms with van der Waals surface area (Å²) >= 11 is 2.29. The number of benzene rings is 2. The highest BCUT2D eigenvalue weighted by Crippen LogP contribution is 2.42. The number of hydrogen-bond donors (Lipinski definition) is 3.